The van der Waals surface area contributed by atoms with Crippen LogP contribution in [0.2, 0.25) is 0 Å². The van der Waals surface area contributed by atoms with Crippen molar-refractivity contribution in [2.75, 3.05) is 19.6 Å². The molecule has 1 aliphatic heterocycles. The van der Waals surface area contributed by atoms with Crippen molar-refractivity contribution in [3.63, 3.8) is 0 Å². The fourth-order valence-electron chi connectivity index (χ4n) is 4.97. The van der Waals surface area contributed by atoms with Gasteiger partial charge in [-0.3, -0.25) is 24.7 Å². The monoisotopic (exact) mass is 502 g/mol. The molecular formula is C29H34N4O4. The number of nitrogens with zero attached hydrogens (tertiary/aromatic N) is 2. The van der Waals surface area contributed by atoms with E-state index in [0.717, 1.165) is 34.3 Å². The molecule has 0 aliphatic carbocycles. The van der Waals surface area contributed by atoms with E-state index in [1.807, 2.05) is 50.2 Å². The number of likely N-dealkylation sites (tertiary alicyclic amines) is 1. The van der Waals surface area contributed by atoms with Crippen molar-refractivity contribution in [2.45, 2.75) is 45.3 Å². The number of carbonyl (C=O) groups excluding carboxylic acids is 2. The van der Waals surface area contributed by atoms with E-state index >= 15 is 0 Å². The first-order valence-electron chi connectivity index (χ1n) is 12.5. The van der Waals surface area contributed by atoms with Crippen LogP contribution in [0.3, 0.4) is 0 Å². The molecule has 2 amide bonds. The molecule has 3 aromatic rings. The van der Waals surface area contributed by atoms with Crippen LogP contribution in [0, 0.1) is 6.92 Å². The molecule has 1 aromatic heterocycles. The number of carbonyl (C=O) groups is 2. The number of pyridine rings is 1. The van der Waals surface area contributed by atoms with Gasteiger partial charge in [-0.2, -0.15) is 0 Å². The second-order valence-electron chi connectivity index (χ2n) is 9.90. The summed E-state index contributed by atoms with van der Waals surface area (Å²) in [7, 11) is 0. The van der Waals surface area contributed by atoms with Crippen molar-refractivity contribution in [2.24, 2.45) is 0 Å². The lowest BCUT2D eigenvalue weighted by atomic mass is 9.83. The molecule has 4 rings (SSSR count). The van der Waals surface area contributed by atoms with Gasteiger partial charge in [0.1, 0.15) is 12.4 Å². The SMILES string of the molecule is C=C(C)CN1CCC(CC(=O)NO)(NC(=O)c2ccccc2OCc2cc(C)nc3ccccc23)CC1. The summed E-state index contributed by atoms with van der Waals surface area (Å²) in [5.74, 6) is -0.386. The van der Waals surface area contributed by atoms with Crippen LogP contribution in [0.5, 0.6) is 5.75 Å². The Kier molecular flexibility index (Phi) is 8.21. The first-order valence-corrected chi connectivity index (χ1v) is 12.5. The average Bonchev–Trinajstić information content (AvgIpc) is 2.88. The molecular weight excluding hydrogens is 468 g/mol. The lowest BCUT2D eigenvalue weighted by Crippen LogP contribution is -2.57. The maximum absolute atomic E-state index is 13.5. The smallest absolute Gasteiger partial charge is 0.255 e. The van der Waals surface area contributed by atoms with Crippen LogP contribution in [-0.2, 0) is 11.4 Å². The van der Waals surface area contributed by atoms with Gasteiger partial charge in [-0.1, -0.05) is 42.5 Å². The van der Waals surface area contributed by atoms with Crippen LogP contribution in [0.25, 0.3) is 10.9 Å². The van der Waals surface area contributed by atoms with Crippen molar-refractivity contribution < 1.29 is 19.5 Å². The van der Waals surface area contributed by atoms with E-state index in [-0.39, 0.29) is 18.9 Å². The highest BCUT2D eigenvalue weighted by Gasteiger charge is 2.38. The number of hydroxylamine groups is 1. The van der Waals surface area contributed by atoms with Crippen molar-refractivity contribution in [3.05, 3.63) is 83.6 Å². The first kappa shape index (κ1) is 26.3. The van der Waals surface area contributed by atoms with Crippen LogP contribution < -0.4 is 15.5 Å². The zero-order valence-corrected chi connectivity index (χ0v) is 21.4. The summed E-state index contributed by atoms with van der Waals surface area (Å²) < 4.78 is 6.17. The van der Waals surface area contributed by atoms with Gasteiger partial charge in [0, 0.05) is 36.3 Å². The summed E-state index contributed by atoms with van der Waals surface area (Å²) in [6, 6.07) is 17.0. The molecule has 0 saturated carbocycles. The Bertz CT molecular complexity index is 1300. The Labute approximate surface area is 217 Å². The number of fused-ring (bicyclic) bond motifs is 1. The van der Waals surface area contributed by atoms with E-state index in [2.05, 4.69) is 21.8 Å². The summed E-state index contributed by atoms with van der Waals surface area (Å²) in [6.45, 7) is 10.4. The highest BCUT2D eigenvalue weighted by atomic mass is 16.5. The fourth-order valence-corrected chi connectivity index (χ4v) is 4.97. The second-order valence-corrected chi connectivity index (χ2v) is 9.90. The molecule has 0 atom stereocenters. The molecule has 1 fully saturated rings. The lowest BCUT2D eigenvalue weighted by molar-refractivity contribution is -0.131. The number of ether oxygens (including phenoxy) is 1. The predicted molar refractivity (Wildman–Crippen MR) is 142 cm³/mol. The van der Waals surface area contributed by atoms with Crippen molar-refractivity contribution in [1.29, 1.82) is 0 Å². The van der Waals surface area contributed by atoms with Gasteiger partial charge in [0.25, 0.3) is 5.91 Å². The van der Waals surface area contributed by atoms with Gasteiger partial charge in [0.15, 0.2) is 0 Å². The molecule has 8 heteroatoms. The van der Waals surface area contributed by atoms with Gasteiger partial charge >= 0.3 is 0 Å². The number of amides is 2. The van der Waals surface area contributed by atoms with Crippen molar-refractivity contribution in [1.82, 2.24) is 20.7 Å². The number of hydrogen-bond donors (Lipinski definition) is 3. The number of benzene rings is 2. The quantitative estimate of drug-likeness (QED) is 0.231. The minimum absolute atomic E-state index is 0.0124. The van der Waals surface area contributed by atoms with Gasteiger partial charge in [0.2, 0.25) is 5.91 Å². The van der Waals surface area contributed by atoms with Crippen LogP contribution in [0.1, 0.15) is 47.8 Å². The zero-order chi connectivity index (χ0) is 26.4. The summed E-state index contributed by atoms with van der Waals surface area (Å²) in [5, 5.41) is 13.3. The van der Waals surface area contributed by atoms with Crippen LogP contribution in [-0.4, -0.2) is 52.1 Å². The summed E-state index contributed by atoms with van der Waals surface area (Å²) >= 11 is 0. The Morgan fingerprint density at radius 1 is 1.14 bits per heavy atom. The molecule has 3 N–H and O–H groups in total. The largest absolute Gasteiger partial charge is 0.488 e. The molecule has 0 unspecified atom stereocenters. The second kappa shape index (κ2) is 11.5. The number of hydrogen-bond acceptors (Lipinski definition) is 6. The van der Waals surface area contributed by atoms with Crippen molar-refractivity contribution in [3.8, 4) is 5.75 Å². The average molecular weight is 503 g/mol. The number of piperidine rings is 1. The highest BCUT2D eigenvalue weighted by Crippen LogP contribution is 2.29. The third-order valence-electron chi connectivity index (χ3n) is 6.75. The summed E-state index contributed by atoms with van der Waals surface area (Å²) in [5.41, 5.74) is 5.17. The van der Waals surface area contributed by atoms with E-state index in [1.54, 1.807) is 23.7 Å². The highest BCUT2D eigenvalue weighted by molar-refractivity contribution is 5.97. The minimum Gasteiger partial charge on any atom is -0.488 e. The number of aromatic nitrogens is 1. The van der Waals surface area contributed by atoms with Crippen LogP contribution in [0.15, 0.2) is 66.7 Å². The topological polar surface area (TPSA) is 104 Å². The molecule has 1 aliphatic rings. The number of nitrogens with one attached hydrogen (secondary N) is 2. The zero-order valence-electron chi connectivity index (χ0n) is 21.4. The van der Waals surface area contributed by atoms with Gasteiger partial charge in [-0.05, 0) is 51.0 Å². The number of para-hydroxylation sites is 2. The van der Waals surface area contributed by atoms with E-state index in [1.165, 1.54) is 0 Å². The maximum atomic E-state index is 13.5. The Hall–Kier alpha value is -3.75. The number of rotatable bonds is 9. The van der Waals surface area contributed by atoms with Gasteiger partial charge in [-0.25, -0.2) is 5.48 Å². The van der Waals surface area contributed by atoms with Gasteiger partial charge in [0.05, 0.1) is 23.0 Å². The normalized spacial score (nSPS) is 15.2. The predicted octanol–water partition coefficient (Wildman–Crippen LogP) is 4.16. The third kappa shape index (κ3) is 6.53. The lowest BCUT2D eigenvalue weighted by Gasteiger charge is -2.42. The molecule has 37 heavy (non-hydrogen) atoms. The minimum atomic E-state index is -0.777. The Morgan fingerprint density at radius 3 is 2.57 bits per heavy atom. The third-order valence-corrected chi connectivity index (χ3v) is 6.75. The van der Waals surface area contributed by atoms with E-state index in [0.29, 0.717) is 37.2 Å². The Balaban J connectivity index is 1.52. The Morgan fingerprint density at radius 2 is 1.84 bits per heavy atom. The number of aryl methyl sites for hydroxylation is 1. The standard InChI is InChI=1S/C29H34N4O4/c1-20(2)18-33-14-12-29(13-15-33,17-27(34)32-36)31-28(35)24-9-5-7-11-26(24)37-19-22-16-21(3)30-25-10-6-4-8-23(22)25/h4-11,16,36H,1,12-15,17-19H2,2-3H3,(H,31,35)(H,32,34). The van der Waals surface area contributed by atoms with Crippen LogP contribution in [0.4, 0.5) is 0 Å². The summed E-state index contributed by atoms with van der Waals surface area (Å²) in [4.78, 5) is 32.5. The molecule has 1 saturated heterocycles. The van der Waals surface area contributed by atoms with Crippen molar-refractivity contribution >= 4 is 22.7 Å². The van der Waals surface area contributed by atoms with E-state index in [9.17, 15) is 9.59 Å². The molecule has 194 valence electrons. The molecule has 0 spiro atoms. The fraction of sp³-hybridized carbons (Fsp3) is 0.345. The molecule has 0 bridgehead atoms. The molecule has 2 aromatic carbocycles. The van der Waals surface area contributed by atoms with E-state index < -0.39 is 11.4 Å². The molecule has 0 radical (unpaired) electrons. The first-order chi connectivity index (χ1) is 17.8. The van der Waals surface area contributed by atoms with Gasteiger partial charge < -0.3 is 10.1 Å². The molecule has 2 heterocycles. The summed E-state index contributed by atoms with van der Waals surface area (Å²) in [6.07, 6.45) is 1.14. The van der Waals surface area contributed by atoms with Gasteiger partial charge in [-0.15, -0.1) is 0 Å². The van der Waals surface area contributed by atoms with E-state index in [4.69, 9.17) is 9.94 Å². The molecule has 8 nitrogen and oxygen atoms in total. The van der Waals surface area contributed by atoms with Crippen LogP contribution >= 0.6 is 0 Å². The maximum Gasteiger partial charge on any atom is 0.255 e.